The fraction of sp³-hybridized carbons (Fsp3) is 0.533. The molecule has 6 heteroatoms. The number of pyridine rings is 1. The van der Waals surface area contributed by atoms with Crippen molar-refractivity contribution in [3.63, 3.8) is 0 Å². The lowest BCUT2D eigenvalue weighted by molar-refractivity contribution is 0.182. The van der Waals surface area contributed by atoms with Crippen molar-refractivity contribution in [3.8, 4) is 11.4 Å². The topological polar surface area (TPSA) is 46.8 Å². The van der Waals surface area contributed by atoms with Crippen LogP contribution in [0.25, 0.3) is 11.4 Å². The molecule has 0 atom stereocenters. The molecular formula is C15H21N5S. The maximum absolute atomic E-state index is 4.35. The molecule has 0 aliphatic carbocycles. The normalized spacial score (nSPS) is 15.1. The van der Waals surface area contributed by atoms with Crippen molar-refractivity contribution < 1.29 is 0 Å². The Morgan fingerprint density at radius 1 is 1.29 bits per heavy atom. The van der Waals surface area contributed by atoms with Gasteiger partial charge in [-0.05, 0) is 51.5 Å². The Kier molecular flexibility index (Phi) is 4.87. The van der Waals surface area contributed by atoms with Gasteiger partial charge in [0.25, 0.3) is 0 Å². The molecule has 0 saturated carbocycles. The lowest BCUT2D eigenvalue weighted by atomic mass is 10.2. The monoisotopic (exact) mass is 303 g/mol. The summed E-state index contributed by atoms with van der Waals surface area (Å²) in [7, 11) is 0. The van der Waals surface area contributed by atoms with Gasteiger partial charge in [-0.2, -0.15) is 0 Å². The van der Waals surface area contributed by atoms with E-state index in [-0.39, 0.29) is 0 Å². The Hall–Kier alpha value is -1.40. The van der Waals surface area contributed by atoms with Crippen LogP contribution in [-0.4, -0.2) is 50.0 Å². The van der Waals surface area contributed by atoms with Gasteiger partial charge >= 0.3 is 0 Å². The minimum absolute atomic E-state index is 0.881. The van der Waals surface area contributed by atoms with E-state index in [1.54, 1.807) is 18.0 Å². The second kappa shape index (κ2) is 7.04. The molecule has 0 unspecified atom stereocenters. The largest absolute Gasteiger partial charge is 0.303 e. The molecule has 0 bridgehead atoms. The minimum atomic E-state index is 0.881. The Bertz CT molecular complexity index is 565. The third-order valence-corrected chi connectivity index (χ3v) is 4.80. The quantitative estimate of drug-likeness (QED) is 0.581. The van der Waals surface area contributed by atoms with Gasteiger partial charge in [-0.1, -0.05) is 11.8 Å². The molecule has 1 saturated heterocycles. The molecule has 0 aromatic carbocycles. The van der Waals surface area contributed by atoms with Crippen LogP contribution in [-0.2, 0) is 6.54 Å². The summed E-state index contributed by atoms with van der Waals surface area (Å²) in [4.78, 5) is 6.67. The number of hydrogen-bond donors (Lipinski definition) is 0. The SMILES string of the molecule is CCn1c(SCCCN2CCC2)nnc1-c1cccnc1. The van der Waals surface area contributed by atoms with E-state index in [2.05, 4.69) is 31.6 Å². The molecule has 0 amide bonds. The van der Waals surface area contributed by atoms with Gasteiger partial charge in [0, 0.05) is 30.3 Å². The third-order valence-electron chi connectivity index (χ3n) is 3.75. The second-order valence-electron chi connectivity index (χ2n) is 5.19. The number of nitrogens with zero attached hydrogens (tertiary/aromatic N) is 5. The van der Waals surface area contributed by atoms with Crippen LogP contribution in [0.3, 0.4) is 0 Å². The number of thioether (sulfide) groups is 1. The highest BCUT2D eigenvalue weighted by Gasteiger charge is 2.15. The zero-order chi connectivity index (χ0) is 14.5. The van der Waals surface area contributed by atoms with Gasteiger partial charge in [0.15, 0.2) is 11.0 Å². The van der Waals surface area contributed by atoms with Crippen molar-refractivity contribution in [2.75, 3.05) is 25.4 Å². The Balaban J connectivity index is 1.61. The van der Waals surface area contributed by atoms with Gasteiger partial charge in [0.1, 0.15) is 0 Å². The molecule has 3 rings (SSSR count). The molecule has 3 heterocycles. The fourth-order valence-corrected chi connectivity index (χ4v) is 3.37. The Morgan fingerprint density at radius 2 is 2.19 bits per heavy atom. The van der Waals surface area contributed by atoms with E-state index in [1.807, 2.05) is 18.3 Å². The molecule has 0 N–H and O–H groups in total. The first-order valence-corrected chi connectivity index (χ1v) is 8.56. The number of hydrogen-bond acceptors (Lipinski definition) is 5. The highest BCUT2D eigenvalue weighted by molar-refractivity contribution is 7.99. The molecule has 2 aromatic rings. The van der Waals surface area contributed by atoms with Gasteiger partial charge < -0.3 is 9.47 Å². The summed E-state index contributed by atoms with van der Waals surface area (Å²) in [6.07, 6.45) is 6.20. The lowest BCUT2D eigenvalue weighted by Crippen LogP contribution is -2.37. The van der Waals surface area contributed by atoms with E-state index in [0.29, 0.717) is 0 Å². The van der Waals surface area contributed by atoms with E-state index in [1.165, 1.54) is 32.5 Å². The first-order chi connectivity index (χ1) is 10.4. The summed E-state index contributed by atoms with van der Waals surface area (Å²) in [5.74, 6) is 2.01. The van der Waals surface area contributed by atoms with Crippen LogP contribution in [0.15, 0.2) is 29.7 Å². The summed E-state index contributed by atoms with van der Waals surface area (Å²) in [5.41, 5.74) is 1.03. The van der Waals surface area contributed by atoms with E-state index < -0.39 is 0 Å². The smallest absolute Gasteiger partial charge is 0.191 e. The first-order valence-electron chi connectivity index (χ1n) is 7.57. The van der Waals surface area contributed by atoms with Crippen molar-refractivity contribution in [1.29, 1.82) is 0 Å². The van der Waals surface area contributed by atoms with Crippen LogP contribution in [0, 0.1) is 0 Å². The van der Waals surface area contributed by atoms with Crippen LogP contribution >= 0.6 is 11.8 Å². The summed E-state index contributed by atoms with van der Waals surface area (Å²) >= 11 is 1.81. The first kappa shape index (κ1) is 14.5. The summed E-state index contributed by atoms with van der Waals surface area (Å²) in [5, 5.41) is 9.70. The van der Waals surface area contributed by atoms with Gasteiger partial charge in [-0.25, -0.2) is 0 Å². The molecule has 1 aliphatic heterocycles. The standard InChI is InChI=1S/C15H21N5S/c1-2-20-14(13-6-3-7-16-12-13)17-18-15(20)21-11-5-10-19-8-4-9-19/h3,6-7,12H,2,4-5,8-11H2,1H3. The summed E-state index contributed by atoms with van der Waals surface area (Å²) in [6, 6.07) is 3.96. The highest BCUT2D eigenvalue weighted by atomic mass is 32.2. The van der Waals surface area contributed by atoms with Crippen molar-refractivity contribution in [2.45, 2.75) is 31.5 Å². The van der Waals surface area contributed by atoms with E-state index >= 15 is 0 Å². The Labute approximate surface area is 129 Å². The number of rotatable bonds is 7. The van der Waals surface area contributed by atoms with Crippen molar-refractivity contribution in [3.05, 3.63) is 24.5 Å². The molecular weight excluding hydrogens is 282 g/mol. The molecule has 0 spiro atoms. The van der Waals surface area contributed by atoms with Gasteiger partial charge in [-0.15, -0.1) is 10.2 Å². The molecule has 21 heavy (non-hydrogen) atoms. The number of aromatic nitrogens is 4. The summed E-state index contributed by atoms with van der Waals surface area (Å²) in [6.45, 7) is 6.78. The highest BCUT2D eigenvalue weighted by Crippen LogP contribution is 2.23. The molecule has 5 nitrogen and oxygen atoms in total. The van der Waals surface area contributed by atoms with Crippen molar-refractivity contribution >= 4 is 11.8 Å². The van der Waals surface area contributed by atoms with Crippen LogP contribution in [0.4, 0.5) is 0 Å². The fourth-order valence-electron chi connectivity index (χ4n) is 2.45. The average molecular weight is 303 g/mol. The van der Waals surface area contributed by atoms with Crippen molar-refractivity contribution in [1.82, 2.24) is 24.6 Å². The molecule has 0 radical (unpaired) electrons. The lowest BCUT2D eigenvalue weighted by Gasteiger charge is -2.30. The molecule has 1 aliphatic rings. The number of likely N-dealkylation sites (tertiary alicyclic amines) is 1. The van der Waals surface area contributed by atoms with E-state index in [0.717, 1.165) is 28.8 Å². The zero-order valence-corrected chi connectivity index (χ0v) is 13.2. The van der Waals surface area contributed by atoms with Crippen LogP contribution in [0.1, 0.15) is 19.8 Å². The van der Waals surface area contributed by atoms with Crippen molar-refractivity contribution in [2.24, 2.45) is 0 Å². The predicted molar refractivity (Wildman–Crippen MR) is 85.3 cm³/mol. The predicted octanol–water partition coefficient (Wildman–Crippen LogP) is 2.55. The van der Waals surface area contributed by atoms with E-state index in [4.69, 9.17) is 0 Å². The van der Waals surface area contributed by atoms with Gasteiger partial charge in [0.05, 0.1) is 0 Å². The van der Waals surface area contributed by atoms with Crippen LogP contribution in [0.2, 0.25) is 0 Å². The van der Waals surface area contributed by atoms with E-state index in [9.17, 15) is 0 Å². The molecule has 1 fully saturated rings. The maximum Gasteiger partial charge on any atom is 0.191 e. The third kappa shape index (κ3) is 3.44. The molecule has 112 valence electrons. The zero-order valence-electron chi connectivity index (χ0n) is 12.4. The maximum atomic E-state index is 4.35. The molecule has 2 aromatic heterocycles. The van der Waals surface area contributed by atoms with Gasteiger partial charge in [0.2, 0.25) is 0 Å². The average Bonchev–Trinajstić information content (AvgIpc) is 2.89. The Morgan fingerprint density at radius 3 is 2.86 bits per heavy atom. The summed E-state index contributed by atoms with van der Waals surface area (Å²) < 4.78 is 2.17. The second-order valence-corrected chi connectivity index (χ2v) is 6.25. The van der Waals surface area contributed by atoms with Crippen LogP contribution < -0.4 is 0 Å². The minimum Gasteiger partial charge on any atom is -0.303 e. The van der Waals surface area contributed by atoms with Crippen LogP contribution in [0.5, 0.6) is 0 Å². The van der Waals surface area contributed by atoms with Gasteiger partial charge in [-0.3, -0.25) is 4.98 Å².